The molecular weight excluding hydrogens is 832 g/mol. The number of rotatable bonds is 16. The molecular formula is C43H58F3N7O10. The van der Waals surface area contributed by atoms with Gasteiger partial charge in [0, 0.05) is 38.0 Å². The van der Waals surface area contributed by atoms with E-state index in [-0.39, 0.29) is 37.4 Å². The highest BCUT2D eigenvalue weighted by Gasteiger charge is 2.35. The Morgan fingerprint density at radius 1 is 0.714 bits per heavy atom. The lowest BCUT2D eigenvalue weighted by atomic mass is 9.99. The summed E-state index contributed by atoms with van der Waals surface area (Å²) in [6.45, 7) is 14.5. The van der Waals surface area contributed by atoms with Crippen LogP contribution in [0.5, 0.6) is 0 Å². The molecule has 0 aliphatic rings. The van der Waals surface area contributed by atoms with Crippen LogP contribution in [0, 0.1) is 0 Å². The summed E-state index contributed by atoms with van der Waals surface area (Å²) in [7, 11) is 0. The molecule has 1 aromatic heterocycles. The van der Waals surface area contributed by atoms with E-state index in [1.165, 1.54) is 11.1 Å². The summed E-state index contributed by atoms with van der Waals surface area (Å²) in [5.74, 6) is -2.65. The number of carbonyl (C=O) groups excluding carboxylic acids is 6. The zero-order valence-corrected chi connectivity index (χ0v) is 36.9. The third-order valence-corrected chi connectivity index (χ3v) is 8.44. The second-order valence-corrected chi connectivity index (χ2v) is 17.4. The van der Waals surface area contributed by atoms with E-state index in [2.05, 4.69) is 31.6 Å². The molecule has 0 radical (unpaired) electrons. The Labute approximate surface area is 364 Å². The minimum Gasteiger partial charge on any atom is -0.444 e. The molecule has 3 aromatic rings. The van der Waals surface area contributed by atoms with E-state index < -0.39 is 95.6 Å². The number of benzene rings is 2. The number of para-hydroxylation sites is 1. The number of alkyl halides is 3. The minimum atomic E-state index is -4.70. The summed E-state index contributed by atoms with van der Waals surface area (Å²) >= 11 is 0. The van der Waals surface area contributed by atoms with E-state index in [0.29, 0.717) is 23.0 Å². The van der Waals surface area contributed by atoms with Gasteiger partial charge >= 0.3 is 24.5 Å². The van der Waals surface area contributed by atoms with Gasteiger partial charge in [-0.3, -0.25) is 19.4 Å². The fourth-order valence-electron chi connectivity index (χ4n) is 5.68. The number of aliphatic hydroxyl groups is 1. The Kier molecular flexibility index (Phi) is 17.7. The van der Waals surface area contributed by atoms with Crippen LogP contribution in [0.1, 0.15) is 92.4 Å². The first-order valence-corrected chi connectivity index (χ1v) is 20.1. The molecule has 0 spiro atoms. The molecule has 0 aliphatic carbocycles. The fourth-order valence-corrected chi connectivity index (χ4v) is 5.68. The zero-order chi connectivity index (χ0) is 47.3. The van der Waals surface area contributed by atoms with Gasteiger partial charge in [0.15, 0.2) is 0 Å². The first-order valence-electron chi connectivity index (χ1n) is 20.1. The Morgan fingerprint density at radius 3 is 1.76 bits per heavy atom. The van der Waals surface area contributed by atoms with Crippen molar-refractivity contribution in [2.75, 3.05) is 31.5 Å². The third-order valence-electron chi connectivity index (χ3n) is 8.44. The van der Waals surface area contributed by atoms with Gasteiger partial charge in [-0.25, -0.2) is 14.4 Å². The lowest BCUT2D eigenvalue weighted by Crippen LogP contribution is -2.55. The summed E-state index contributed by atoms with van der Waals surface area (Å²) < 4.78 is 56.1. The number of anilines is 1. The average molecular weight is 890 g/mol. The lowest BCUT2D eigenvalue weighted by molar-refractivity contribution is -0.137. The van der Waals surface area contributed by atoms with Crippen LogP contribution in [0.25, 0.3) is 10.9 Å². The predicted octanol–water partition coefficient (Wildman–Crippen LogP) is 5.96. The molecule has 0 saturated carbocycles. The van der Waals surface area contributed by atoms with Crippen molar-refractivity contribution in [1.29, 1.82) is 0 Å². The maximum atomic E-state index is 14.1. The summed E-state index contributed by atoms with van der Waals surface area (Å²) in [4.78, 5) is 85.1. The average Bonchev–Trinajstić information content (AvgIpc) is 3.15. The van der Waals surface area contributed by atoms with Crippen LogP contribution in [-0.4, -0.2) is 106 Å². The van der Waals surface area contributed by atoms with Gasteiger partial charge in [0.1, 0.15) is 35.0 Å². The first kappa shape index (κ1) is 51.2. The monoisotopic (exact) mass is 889 g/mol. The van der Waals surface area contributed by atoms with Crippen LogP contribution >= 0.6 is 0 Å². The maximum absolute atomic E-state index is 14.1. The van der Waals surface area contributed by atoms with Crippen molar-refractivity contribution in [3.63, 3.8) is 0 Å². The molecule has 3 atom stereocenters. The Morgan fingerprint density at radius 2 is 1.24 bits per heavy atom. The topological polar surface area (TPSA) is 227 Å². The smallest absolute Gasteiger partial charge is 0.416 e. The van der Waals surface area contributed by atoms with Crippen molar-refractivity contribution >= 4 is 52.6 Å². The number of fused-ring (bicyclic) bond motifs is 1. The SMILES string of the molecule is CC(C)(C)OC(=O)NCCN(CCNC(=O)OC(C)(C)C)C(=O)CC[C@H](NC(=O)OC(C)(C)C)C(=O)NC(C(=O)Nc1cnc2ccccc2c1)[C@@H](O)c1ccc(C(F)(F)F)cc1. The molecule has 6 amide bonds. The third kappa shape index (κ3) is 18.4. The van der Waals surface area contributed by atoms with E-state index in [9.17, 15) is 47.0 Å². The number of nitrogens with zero attached hydrogens (tertiary/aromatic N) is 2. The predicted molar refractivity (Wildman–Crippen MR) is 226 cm³/mol. The van der Waals surface area contributed by atoms with Crippen LogP contribution in [0.15, 0.2) is 60.8 Å². The molecule has 0 aliphatic heterocycles. The molecule has 346 valence electrons. The van der Waals surface area contributed by atoms with Crippen LogP contribution in [0.3, 0.4) is 0 Å². The van der Waals surface area contributed by atoms with Crippen molar-refractivity contribution in [3.05, 3.63) is 71.9 Å². The molecule has 2 aromatic carbocycles. The van der Waals surface area contributed by atoms with Gasteiger partial charge in [-0.2, -0.15) is 13.2 Å². The van der Waals surface area contributed by atoms with Crippen molar-refractivity contribution in [1.82, 2.24) is 31.2 Å². The van der Waals surface area contributed by atoms with E-state index >= 15 is 0 Å². The number of halogens is 3. The highest BCUT2D eigenvalue weighted by molar-refractivity contribution is 6.00. The number of aromatic nitrogens is 1. The Hall–Kier alpha value is -6.18. The second kappa shape index (κ2) is 21.8. The molecule has 17 nitrogen and oxygen atoms in total. The summed E-state index contributed by atoms with van der Waals surface area (Å²) in [5, 5.41) is 24.6. The second-order valence-electron chi connectivity index (χ2n) is 17.4. The molecule has 1 heterocycles. The van der Waals surface area contributed by atoms with Crippen molar-refractivity contribution in [3.8, 4) is 0 Å². The first-order chi connectivity index (χ1) is 29.1. The number of aliphatic hydroxyl groups excluding tert-OH is 1. The van der Waals surface area contributed by atoms with Gasteiger partial charge in [-0.15, -0.1) is 0 Å². The maximum Gasteiger partial charge on any atom is 0.416 e. The van der Waals surface area contributed by atoms with Crippen LogP contribution in [0.2, 0.25) is 0 Å². The number of hydrogen-bond donors (Lipinski definition) is 6. The van der Waals surface area contributed by atoms with Crippen molar-refractivity contribution < 1.29 is 61.3 Å². The van der Waals surface area contributed by atoms with E-state index in [0.717, 1.165) is 12.1 Å². The molecule has 1 unspecified atom stereocenters. The summed E-state index contributed by atoms with van der Waals surface area (Å²) in [6, 6.07) is 8.42. The highest BCUT2D eigenvalue weighted by atomic mass is 19.4. The van der Waals surface area contributed by atoms with Crippen molar-refractivity contribution in [2.24, 2.45) is 0 Å². The van der Waals surface area contributed by atoms with Gasteiger partial charge in [0.25, 0.3) is 0 Å². The van der Waals surface area contributed by atoms with Gasteiger partial charge in [0.2, 0.25) is 17.7 Å². The summed E-state index contributed by atoms with van der Waals surface area (Å²) in [5.41, 5.74) is -3.05. The standard InChI is InChI=1S/C43H58F3N7O10/c1-40(2,3)61-37(58)47-20-22-53(23-21-48-38(59)62-41(4,5)6)32(54)19-18-31(51-39(60)63-42(7,8)9)35(56)52-33(34(55)26-14-16-28(17-15-26)43(44,45)46)36(57)50-29-24-27-12-10-11-13-30(27)49-25-29/h10-17,24-25,31,33-34,55H,18-23H2,1-9H3,(H,47,58)(H,48,59)(H,50,57)(H,51,60)(H,52,56)/t31-,33?,34-/m0/s1. The summed E-state index contributed by atoms with van der Waals surface area (Å²) in [6.07, 6.45) is -8.68. The van der Waals surface area contributed by atoms with Gasteiger partial charge in [-0.1, -0.05) is 30.3 Å². The normalized spacial score (nSPS) is 13.4. The molecule has 0 bridgehead atoms. The zero-order valence-electron chi connectivity index (χ0n) is 36.9. The van der Waals surface area contributed by atoms with Crippen LogP contribution in [-0.2, 0) is 34.8 Å². The number of ether oxygens (including phenoxy) is 3. The number of carbonyl (C=O) groups is 6. The quantitative estimate of drug-likeness (QED) is 0.0920. The molecule has 0 fully saturated rings. The van der Waals surface area contributed by atoms with Crippen LogP contribution < -0.4 is 26.6 Å². The van der Waals surface area contributed by atoms with E-state index in [1.54, 1.807) is 92.6 Å². The van der Waals surface area contributed by atoms with E-state index in [4.69, 9.17) is 14.2 Å². The molecule has 6 N–H and O–H groups in total. The number of alkyl carbamates (subject to hydrolysis) is 3. The Bertz CT molecular complexity index is 2030. The molecule has 63 heavy (non-hydrogen) atoms. The fraction of sp³-hybridized carbons (Fsp3) is 0.512. The highest BCUT2D eigenvalue weighted by Crippen LogP contribution is 2.31. The number of nitrogens with one attached hydrogen (secondary N) is 5. The van der Waals surface area contributed by atoms with Crippen molar-refractivity contribution in [2.45, 2.75) is 116 Å². The van der Waals surface area contributed by atoms with Gasteiger partial charge in [-0.05, 0) is 98.6 Å². The lowest BCUT2D eigenvalue weighted by Gasteiger charge is -2.28. The molecule has 20 heteroatoms. The number of pyridine rings is 1. The molecule has 0 saturated heterocycles. The van der Waals surface area contributed by atoms with Crippen LogP contribution in [0.4, 0.5) is 33.2 Å². The number of hydrogen-bond acceptors (Lipinski definition) is 11. The largest absolute Gasteiger partial charge is 0.444 e. The minimum absolute atomic E-state index is 0.0709. The van der Waals surface area contributed by atoms with E-state index in [1.807, 2.05) is 0 Å². The molecule has 3 rings (SSSR count). The Balaban J connectivity index is 1.91. The van der Waals surface area contributed by atoms with Gasteiger partial charge in [0.05, 0.1) is 23.0 Å². The van der Waals surface area contributed by atoms with Gasteiger partial charge < -0.3 is 50.8 Å². The number of amides is 6.